The number of amides is 2. The summed E-state index contributed by atoms with van der Waals surface area (Å²) >= 11 is 1.29. The summed E-state index contributed by atoms with van der Waals surface area (Å²) in [6, 6.07) is 11.6. The number of hydrogen-bond acceptors (Lipinski definition) is 4. The lowest BCUT2D eigenvalue weighted by atomic mass is 10.1. The number of carbonyl (C=O) groups excluding carboxylic acids is 2. The number of thiazole rings is 1. The van der Waals surface area contributed by atoms with Gasteiger partial charge in [0.05, 0.1) is 5.69 Å². The minimum atomic E-state index is -0.329. The number of anilines is 2. The van der Waals surface area contributed by atoms with Crippen molar-refractivity contribution in [3.63, 3.8) is 0 Å². The number of rotatable bonds is 4. The molecule has 0 aliphatic carbocycles. The van der Waals surface area contributed by atoms with E-state index in [1.165, 1.54) is 23.5 Å². The average molecular weight is 395 g/mol. The monoisotopic (exact) mass is 395 g/mol. The third-order valence-electron chi connectivity index (χ3n) is 4.69. The zero-order valence-electron chi connectivity index (χ0n) is 15.2. The first-order valence-corrected chi connectivity index (χ1v) is 9.89. The quantitative estimate of drug-likeness (QED) is 0.707. The minimum Gasteiger partial charge on any atom is -0.312 e. The van der Waals surface area contributed by atoms with Crippen LogP contribution in [0.2, 0.25) is 0 Å². The van der Waals surface area contributed by atoms with Crippen LogP contribution in [0, 0.1) is 5.82 Å². The molecule has 1 aromatic heterocycles. The number of carbonyl (C=O) groups is 2. The van der Waals surface area contributed by atoms with E-state index in [4.69, 9.17) is 0 Å². The molecular weight excluding hydrogens is 377 g/mol. The molecule has 2 aromatic carbocycles. The van der Waals surface area contributed by atoms with Gasteiger partial charge < -0.3 is 4.90 Å². The highest BCUT2D eigenvalue weighted by Gasteiger charge is 2.24. The molecular formula is C21H18FN3O2S. The zero-order chi connectivity index (χ0) is 19.7. The number of halogens is 1. The zero-order valence-corrected chi connectivity index (χ0v) is 16.1. The van der Waals surface area contributed by atoms with Gasteiger partial charge in [-0.15, -0.1) is 11.3 Å². The fourth-order valence-electron chi connectivity index (χ4n) is 3.27. The van der Waals surface area contributed by atoms with Crippen LogP contribution in [-0.2, 0) is 11.2 Å². The van der Waals surface area contributed by atoms with Crippen molar-refractivity contribution in [1.82, 2.24) is 4.98 Å². The number of nitrogens with one attached hydrogen (secondary N) is 1. The van der Waals surface area contributed by atoms with Crippen LogP contribution in [0.25, 0.3) is 11.3 Å². The van der Waals surface area contributed by atoms with Gasteiger partial charge in [0, 0.05) is 35.2 Å². The van der Waals surface area contributed by atoms with Gasteiger partial charge in [-0.3, -0.25) is 14.9 Å². The van der Waals surface area contributed by atoms with Gasteiger partial charge in [0.25, 0.3) is 5.91 Å². The van der Waals surface area contributed by atoms with E-state index in [1.807, 2.05) is 19.1 Å². The smallest absolute Gasteiger partial charge is 0.257 e. The molecule has 4 rings (SSSR count). The summed E-state index contributed by atoms with van der Waals surface area (Å²) in [7, 11) is 0. The number of benzene rings is 2. The van der Waals surface area contributed by atoms with Gasteiger partial charge in [-0.25, -0.2) is 9.37 Å². The van der Waals surface area contributed by atoms with Crippen molar-refractivity contribution < 1.29 is 14.0 Å². The van der Waals surface area contributed by atoms with E-state index in [9.17, 15) is 14.0 Å². The minimum absolute atomic E-state index is 0.0867. The molecule has 0 unspecified atom stereocenters. The SMILES string of the molecule is CCC(=O)N1CCc2cc(C(=O)Nc3nc(-c4cccc(F)c4)cs3)ccc21. The molecule has 1 N–H and O–H groups in total. The van der Waals surface area contributed by atoms with Gasteiger partial charge >= 0.3 is 0 Å². The van der Waals surface area contributed by atoms with Gasteiger partial charge in [-0.05, 0) is 42.3 Å². The van der Waals surface area contributed by atoms with E-state index in [1.54, 1.807) is 28.5 Å². The molecule has 1 aliphatic rings. The van der Waals surface area contributed by atoms with Crippen LogP contribution in [0.15, 0.2) is 47.8 Å². The summed E-state index contributed by atoms with van der Waals surface area (Å²) in [5, 5.41) is 5.02. The fourth-order valence-corrected chi connectivity index (χ4v) is 3.99. The van der Waals surface area contributed by atoms with Crippen molar-refractivity contribution in [2.45, 2.75) is 19.8 Å². The predicted molar refractivity (Wildman–Crippen MR) is 108 cm³/mol. The molecule has 2 heterocycles. The van der Waals surface area contributed by atoms with Crippen LogP contribution in [-0.4, -0.2) is 23.3 Å². The van der Waals surface area contributed by atoms with Gasteiger partial charge in [0.15, 0.2) is 5.13 Å². The normalized spacial score (nSPS) is 12.7. The largest absolute Gasteiger partial charge is 0.312 e. The Kier molecular flexibility index (Phi) is 4.92. The molecule has 1 aliphatic heterocycles. The lowest BCUT2D eigenvalue weighted by Crippen LogP contribution is -2.27. The molecule has 28 heavy (non-hydrogen) atoms. The fraction of sp³-hybridized carbons (Fsp3) is 0.190. The summed E-state index contributed by atoms with van der Waals surface area (Å²) in [5.74, 6) is -0.503. The Labute approximate surface area is 165 Å². The van der Waals surface area contributed by atoms with Crippen LogP contribution in [0.3, 0.4) is 0 Å². The molecule has 0 saturated heterocycles. The second-order valence-electron chi connectivity index (χ2n) is 6.49. The van der Waals surface area contributed by atoms with Crippen molar-refractivity contribution in [3.8, 4) is 11.3 Å². The second kappa shape index (κ2) is 7.52. The maximum absolute atomic E-state index is 13.4. The van der Waals surface area contributed by atoms with Crippen molar-refractivity contribution in [1.29, 1.82) is 0 Å². The van der Waals surface area contributed by atoms with Crippen LogP contribution < -0.4 is 10.2 Å². The maximum Gasteiger partial charge on any atom is 0.257 e. The summed E-state index contributed by atoms with van der Waals surface area (Å²) in [4.78, 5) is 30.7. The summed E-state index contributed by atoms with van der Waals surface area (Å²) < 4.78 is 13.4. The highest BCUT2D eigenvalue weighted by Crippen LogP contribution is 2.30. The third-order valence-corrected chi connectivity index (χ3v) is 5.44. The molecule has 7 heteroatoms. The number of fused-ring (bicyclic) bond motifs is 1. The van der Waals surface area contributed by atoms with Gasteiger partial charge in [-0.2, -0.15) is 0 Å². The molecule has 0 bridgehead atoms. The van der Waals surface area contributed by atoms with Crippen LogP contribution in [0.1, 0.15) is 29.3 Å². The van der Waals surface area contributed by atoms with E-state index in [2.05, 4.69) is 10.3 Å². The van der Waals surface area contributed by atoms with Crippen LogP contribution in [0.5, 0.6) is 0 Å². The Hall–Kier alpha value is -3.06. The summed E-state index contributed by atoms with van der Waals surface area (Å²) in [6.07, 6.45) is 1.20. The molecule has 3 aromatic rings. The molecule has 0 atom stereocenters. The highest BCUT2D eigenvalue weighted by atomic mass is 32.1. The van der Waals surface area contributed by atoms with Crippen molar-refractivity contribution in [2.75, 3.05) is 16.8 Å². The lowest BCUT2D eigenvalue weighted by Gasteiger charge is -2.16. The molecule has 0 spiro atoms. The van der Waals surface area contributed by atoms with E-state index < -0.39 is 0 Å². The van der Waals surface area contributed by atoms with Crippen molar-refractivity contribution in [3.05, 3.63) is 64.8 Å². The molecule has 0 radical (unpaired) electrons. The van der Waals surface area contributed by atoms with E-state index in [0.29, 0.717) is 34.9 Å². The number of hydrogen-bond donors (Lipinski definition) is 1. The predicted octanol–water partition coefficient (Wildman–Crippen LogP) is 4.50. The Balaban J connectivity index is 1.50. The molecule has 0 fully saturated rings. The number of aromatic nitrogens is 1. The third kappa shape index (κ3) is 3.53. The standard InChI is InChI=1S/C21H18FN3O2S/c1-2-19(26)25-9-8-14-10-15(6-7-18(14)25)20(27)24-21-23-17(12-28-21)13-4-3-5-16(22)11-13/h3-7,10-12H,2,8-9H2,1H3,(H,23,24,27). The summed E-state index contributed by atoms with van der Waals surface area (Å²) in [5.41, 5.74) is 3.67. The van der Waals surface area contributed by atoms with E-state index in [-0.39, 0.29) is 17.6 Å². The average Bonchev–Trinajstić information content (AvgIpc) is 3.34. The Morgan fingerprint density at radius 1 is 1.25 bits per heavy atom. The highest BCUT2D eigenvalue weighted by molar-refractivity contribution is 7.14. The molecule has 2 amide bonds. The molecule has 0 saturated carbocycles. The lowest BCUT2D eigenvalue weighted by molar-refractivity contribution is -0.118. The van der Waals surface area contributed by atoms with E-state index >= 15 is 0 Å². The van der Waals surface area contributed by atoms with Gasteiger partial charge in [-0.1, -0.05) is 19.1 Å². The Bertz CT molecular complexity index is 1060. The van der Waals surface area contributed by atoms with Gasteiger partial charge in [0.1, 0.15) is 5.82 Å². The number of nitrogens with zero attached hydrogens (tertiary/aromatic N) is 2. The first-order valence-electron chi connectivity index (χ1n) is 9.01. The molecule has 5 nitrogen and oxygen atoms in total. The first kappa shape index (κ1) is 18.3. The topological polar surface area (TPSA) is 62.3 Å². The van der Waals surface area contributed by atoms with E-state index in [0.717, 1.165) is 17.7 Å². The van der Waals surface area contributed by atoms with Gasteiger partial charge in [0.2, 0.25) is 5.91 Å². The summed E-state index contributed by atoms with van der Waals surface area (Å²) in [6.45, 7) is 2.49. The van der Waals surface area contributed by atoms with Crippen molar-refractivity contribution in [2.24, 2.45) is 0 Å². The molecule has 142 valence electrons. The van der Waals surface area contributed by atoms with Crippen LogP contribution >= 0.6 is 11.3 Å². The second-order valence-corrected chi connectivity index (χ2v) is 7.35. The maximum atomic E-state index is 13.4. The van der Waals surface area contributed by atoms with Crippen LogP contribution in [0.4, 0.5) is 15.2 Å². The van der Waals surface area contributed by atoms with Crippen molar-refractivity contribution >= 4 is 34.0 Å². The first-order chi connectivity index (χ1) is 13.5. The Morgan fingerprint density at radius 2 is 2.11 bits per heavy atom. The Morgan fingerprint density at radius 3 is 2.89 bits per heavy atom.